The van der Waals surface area contributed by atoms with E-state index < -0.39 is 0 Å². The molecule has 15 heavy (non-hydrogen) atoms. The van der Waals surface area contributed by atoms with Crippen LogP contribution in [-0.4, -0.2) is 37.2 Å². The van der Waals surface area contributed by atoms with Gasteiger partial charge in [0, 0.05) is 13.1 Å². The van der Waals surface area contributed by atoms with Crippen molar-refractivity contribution in [2.75, 3.05) is 21.3 Å². The Hall–Kier alpha value is -1.62. The quantitative estimate of drug-likeness (QED) is 0.699. The lowest BCUT2D eigenvalue weighted by atomic mass is 10.2. The monoisotopic (exact) mass is 210 g/mol. The van der Waals surface area contributed by atoms with E-state index >= 15 is 0 Å². The highest BCUT2D eigenvalue weighted by molar-refractivity contribution is 5.94. The molecule has 0 fully saturated rings. The summed E-state index contributed by atoms with van der Waals surface area (Å²) in [6.07, 6.45) is 0. The number of aryl methyl sites for hydroxylation is 1. The molecule has 0 spiro atoms. The van der Waals surface area contributed by atoms with E-state index in [1.54, 1.807) is 26.1 Å². The normalized spacial score (nSPS) is 9.87. The van der Waals surface area contributed by atoms with Gasteiger partial charge < -0.3 is 4.74 Å². The van der Waals surface area contributed by atoms with Crippen LogP contribution in [0.25, 0.3) is 0 Å². The van der Waals surface area contributed by atoms with Crippen molar-refractivity contribution in [2.24, 2.45) is 0 Å². The third kappa shape index (κ3) is 2.44. The molecule has 5 heteroatoms. The maximum atomic E-state index is 11.7. The number of carbonyl (C=O) groups is 1. The number of hydrogen-bond donors (Lipinski definition) is 0. The number of hydrogen-bond acceptors (Lipinski definition) is 4. The van der Waals surface area contributed by atoms with E-state index in [9.17, 15) is 4.79 Å². The van der Waals surface area contributed by atoms with Crippen LogP contribution in [-0.2, 0) is 4.84 Å². The Balaban J connectivity index is 3.00. The predicted octanol–water partition coefficient (Wildman–Crippen LogP) is 1.03. The van der Waals surface area contributed by atoms with Crippen LogP contribution in [0.15, 0.2) is 12.1 Å². The van der Waals surface area contributed by atoms with Crippen LogP contribution >= 0.6 is 0 Å². The highest BCUT2D eigenvalue weighted by Gasteiger charge is 2.15. The fourth-order valence-corrected chi connectivity index (χ4v) is 1.13. The molecule has 0 saturated carbocycles. The minimum Gasteiger partial charge on any atom is -0.481 e. The molecule has 0 radical (unpaired) electrons. The molecule has 0 unspecified atom stereocenters. The summed E-state index contributed by atoms with van der Waals surface area (Å²) in [5.74, 6) is 0.259. The van der Waals surface area contributed by atoms with E-state index in [1.807, 2.05) is 0 Å². The molecule has 1 heterocycles. The van der Waals surface area contributed by atoms with Gasteiger partial charge in [0.05, 0.1) is 25.5 Å². The average Bonchev–Trinajstić information content (AvgIpc) is 2.26. The molecule has 0 aliphatic carbocycles. The Bertz CT molecular complexity index is 366. The smallest absolute Gasteiger partial charge is 0.278 e. The van der Waals surface area contributed by atoms with Crippen molar-refractivity contribution >= 4 is 5.91 Å². The largest absolute Gasteiger partial charge is 0.481 e. The van der Waals surface area contributed by atoms with Crippen molar-refractivity contribution in [1.29, 1.82) is 0 Å². The van der Waals surface area contributed by atoms with Crippen molar-refractivity contribution in [3.63, 3.8) is 0 Å². The van der Waals surface area contributed by atoms with Crippen LogP contribution in [0.5, 0.6) is 5.88 Å². The summed E-state index contributed by atoms with van der Waals surface area (Å²) in [7, 11) is 4.51. The van der Waals surface area contributed by atoms with Gasteiger partial charge in [0.2, 0.25) is 5.88 Å². The van der Waals surface area contributed by atoms with Crippen LogP contribution in [0.2, 0.25) is 0 Å². The molecule has 0 aromatic carbocycles. The summed E-state index contributed by atoms with van der Waals surface area (Å²) < 4.78 is 4.95. The number of ether oxygens (including phenoxy) is 1. The molecular weight excluding hydrogens is 196 g/mol. The summed E-state index contributed by atoms with van der Waals surface area (Å²) in [6, 6.07) is 3.31. The first-order valence-electron chi connectivity index (χ1n) is 4.44. The maximum absolute atomic E-state index is 11.7. The zero-order valence-electron chi connectivity index (χ0n) is 9.27. The molecule has 0 aliphatic rings. The molecule has 1 aromatic heterocycles. The number of pyridine rings is 1. The lowest BCUT2D eigenvalue weighted by Gasteiger charge is -2.14. The molecule has 1 aromatic rings. The third-order valence-corrected chi connectivity index (χ3v) is 2.06. The molecular formula is C10H14N2O3. The van der Waals surface area contributed by atoms with Crippen LogP contribution in [0.1, 0.15) is 16.1 Å². The first-order chi connectivity index (χ1) is 7.10. The van der Waals surface area contributed by atoms with Gasteiger partial charge in [0.1, 0.15) is 0 Å². The highest BCUT2D eigenvalue weighted by Crippen LogP contribution is 2.13. The molecule has 0 bridgehead atoms. The van der Waals surface area contributed by atoms with E-state index in [4.69, 9.17) is 9.57 Å². The topological polar surface area (TPSA) is 51.7 Å². The van der Waals surface area contributed by atoms with Gasteiger partial charge in [-0.3, -0.25) is 9.63 Å². The van der Waals surface area contributed by atoms with E-state index in [0.717, 1.165) is 5.06 Å². The highest BCUT2D eigenvalue weighted by atomic mass is 16.7. The molecule has 0 N–H and O–H groups in total. The van der Waals surface area contributed by atoms with Gasteiger partial charge in [-0.1, -0.05) is 0 Å². The van der Waals surface area contributed by atoms with E-state index in [0.29, 0.717) is 17.1 Å². The van der Waals surface area contributed by atoms with Crippen molar-refractivity contribution in [1.82, 2.24) is 10.0 Å². The molecule has 5 nitrogen and oxygen atoms in total. The third-order valence-electron chi connectivity index (χ3n) is 2.06. The van der Waals surface area contributed by atoms with Gasteiger partial charge in [0.15, 0.2) is 0 Å². The maximum Gasteiger partial charge on any atom is 0.278 e. The SMILES string of the molecule is COc1ccc(C(=O)N(C)OC)c(C)n1. The molecule has 1 amide bonds. The second kappa shape index (κ2) is 4.75. The molecule has 0 atom stereocenters. The molecule has 0 aliphatic heterocycles. The first kappa shape index (κ1) is 11.5. The van der Waals surface area contributed by atoms with Crippen molar-refractivity contribution in [3.05, 3.63) is 23.4 Å². The first-order valence-corrected chi connectivity index (χ1v) is 4.44. The Morgan fingerprint density at radius 3 is 2.53 bits per heavy atom. The lowest BCUT2D eigenvalue weighted by molar-refractivity contribution is -0.0757. The fourth-order valence-electron chi connectivity index (χ4n) is 1.13. The summed E-state index contributed by atoms with van der Waals surface area (Å²) in [6.45, 7) is 1.75. The lowest BCUT2D eigenvalue weighted by Crippen LogP contribution is -2.26. The summed E-state index contributed by atoms with van der Waals surface area (Å²) in [4.78, 5) is 20.6. The van der Waals surface area contributed by atoms with Gasteiger partial charge in [-0.2, -0.15) is 0 Å². The molecule has 82 valence electrons. The molecule has 0 saturated heterocycles. The standard InChI is InChI=1S/C10H14N2O3/c1-7-8(10(13)12(2)15-4)5-6-9(11-7)14-3/h5-6H,1-4H3. The van der Waals surface area contributed by atoms with Gasteiger partial charge in [-0.25, -0.2) is 10.0 Å². The van der Waals surface area contributed by atoms with Crippen LogP contribution in [0, 0.1) is 6.92 Å². The van der Waals surface area contributed by atoms with Gasteiger partial charge in [-0.15, -0.1) is 0 Å². The Labute approximate surface area is 88.6 Å². The van der Waals surface area contributed by atoms with Gasteiger partial charge in [-0.05, 0) is 13.0 Å². The number of methoxy groups -OCH3 is 1. The zero-order valence-corrected chi connectivity index (χ0v) is 9.27. The van der Waals surface area contributed by atoms with Crippen molar-refractivity contribution in [3.8, 4) is 5.88 Å². The Morgan fingerprint density at radius 1 is 1.40 bits per heavy atom. The van der Waals surface area contributed by atoms with Crippen LogP contribution < -0.4 is 4.74 Å². The predicted molar refractivity (Wildman–Crippen MR) is 54.6 cm³/mol. The number of rotatable bonds is 3. The summed E-state index contributed by atoms with van der Waals surface area (Å²) in [5.41, 5.74) is 1.11. The van der Waals surface area contributed by atoms with Gasteiger partial charge >= 0.3 is 0 Å². The summed E-state index contributed by atoms with van der Waals surface area (Å²) >= 11 is 0. The van der Waals surface area contributed by atoms with Crippen LogP contribution in [0.3, 0.4) is 0 Å². The minimum atomic E-state index is -0.231. The van der Waals surface area contributed by atoms with Crippen molar-refractivity contribution in [2.45, 2.75) is 6.92 Å². The number of carbonyl (C=O) groups excluding carboxylic acids is 1. The average molecular weight is 210 g/mol. The fraction of sp³-hybridized carbons (Fsp3) is 0.400. The number of hydroxylamine groups is 2. The molecule has 1 rings (SSSR count). The zero-order chi connectivity index (χ0) is 11.4. The summed E-state index contributed by atoms with van der Waals surface area (Å²) in [5, 5.41) is 1.15. The second-order valence-corrected chi connectivity index (χ2v) is 2.97. The Morgan fingerprint density at radius 2 is 2.07 bits per heavy atom. The number of nitrogens with zero attached hydrogens (tertiary/aromatic N) is 2. The van der Waals surface area contributed by atoms with Gasteiger partial charge in [0.25, 0.3) is 5.91 Å². The van der Waals surface area contributed by atoms with E-state index in [1.165, 1.54) is 14.2 Å². The van der Waals surface area contributed by atoms with E-state index in [-0.39, 0.29) is 5.91 Å². The number of aromatic nitrogens is 1. The minimum absolute atomic E-state index is 0.231. The van der Waals surface area contributed by atoms with Crippen LogP contribution in [0.4, 0.5) is 0 Å². The van der Waals surface area contributed by atoms with E-state index in [2.05, 4.69) is 4.98 Å². The number of amides is 1. The Kier molecular flexibility index (Phi) is 3.62. The second-order valence-electron chi connectivity index (χ2n) is 2.97. The van der Waals surface area contributed by atoms with Crippen molar-refractivity contribution < 1.29 is 14.4 Å².